The lowest BCUT2D eigenvalue weighted by molar-refractivity contribution is -0.202. The SMILES string of the molecule is O=C(O)c1ccc2c(c1)CC(F)(F)C2(F)F. The Morgan fingerprint density at radius 1 is 1.25 bits per heavy atom. The van der Waals surface area contributed by atoms with Gasteiger partial charge in [0.05, 0.1) is 5.56 Å². The molecule has 16 heavy (non-hydrogen) atoms. The third-order valence-corrected chi connectivity index (χ3v) is 2.56. The second-order valence-corrected chi connectivity index (χ2v) is 3.63. The minimum atomic E-state index is -4.22. The molecule has 0 saturated heterocycles. The van der Waals surface area contributed by atoms with Crippen LogP contribution >= 0.6 is 0 Å². The zero-order chi connectivity index (χ0) is 12.1. The summed E-state index contributed by atoms with van der Waals surface area (Å²) in [7, 11) is 0. The smallest absolute Gasteiger partial charge is 0.335 e. The summed E-state index contributed by atoms with van der Waals surface area (Å²) in [5, 5.41) is 8.60. The zero-order valence-electron chi connectivity index (χ0n) is 7.81. The fourth-order valence-corrected chi connectivity index (χ4v) is 1.73. The largest absolute Gasteiger partial charge is 0.478 e. The first-order valence-electron chi connectivity index (χ1n) is 4.38. The second kappa shape index (κ2) is 2.96. The van der Waals surface area contributed by atoms with Crippen molar-refractivity contribution in [1.29, 1.82) is 0 Å². The van der Waals surface area contributed by atoms with Crippen molar-refractivity contribution < 1.29 is 27.5 Å². The number of halogens is 4. The quantitative estimate of drug-likeness (QED) is 0.758. The van der Waals surface area contributed by atoms with Crippen molar-refractivity contribution >= 4 is 5.97 Å². The normalized spacial score (nSPS) is 20.5. The third kappa shape index (κ3) is 1.29. The molecule has 0 aromatic heterocycles. The summed E-state index contributed by atoms with van der Waals surface area (Å²) in [5.74, 6) is -9.70. The van der Waals surface area contributed by atoms with Crippen LogP contribution in [0.1, 0.15) is 21.5 Å². The Balaban J connectivity index is 2.56. The first-order valence-corrected chi connectivity index (χ1v) is 4.38. The Labute approximate surface area is 87.5 Å². The molecule has 0 heterocycles. The van der Waals surface area contributed by atoms with Crippen molar-refractivity contribution in [1.82, 2.24) is 0 Å². The summed E-state index contributed by atoms with van der Waals surface area (Å²) in [6.45, 7) is 0. The predicted octanol–water partition coefficient (Wildman–Crippen LogP) is 2.67. The van der Waals surface area contributed by atoms with Crippen molar-refractivity contribution in [3.05, 3.63) is 34.9 Å². The van der Waals surface area contributed by atoms with E-state index in [1.807, 2.05) is 0 Å². The van der Waals surface area contributed by atoms with E-state index in [2.05, 4.69) is 0 Å². The summed E-state index contributed by atoms with van der Waals surface area (Å²) < 4.78 is 52.2. The number of aromatic carboxylic acids is 1. The van der Waals surface area contributed by atoms with Crippen molar-refractivity contribution in [3.8, 4) is 0 Å². The van der Waals surface area contributed by atoms with E-state index >= 15 is 0 Å². The van der Waals surface area contributed by atoms with E-state index in [0.29, 0.717) is 0 Å². The minimum absolute atomic E-state index is 0.271. The second-order valence-electron chi connectivity index (χ2n) is 3.63. The summed E-state index contributed by atoms with van der Waals surface area (Å²) in [6, 6.07) is 2.52. The molecular weight excluding hydrogens is 228 g/mol. The molecule has 0 atom stereocenters. The molecule has 1 N–H and O–H groups in total. The number of carboxylic acid groups (broad SMARTS) is 1. The van der Waals surface area contributed by atoms with Gasteiger partial charge in [0.25, 0.3) is 0 Å². The fourth-order valence-electron chi connectivity index (χ4n) is 1.73. The standard InChI is InChI=1S/C10H6F4O2/c11-9(12)4-6-3-5(8(15)16)1-2-7(6)10(9,13)14/h1-3H,4H2,(H,15,16). The average molecular weight is 234 g/mol. The van der Waals surface area contributed by atoms with E-state index in [4.69, 9.17) is 5.11 Å². The highest BCUT2D eigenvalue weighted by Gasteiger charge is 2.62. The molecule has 0 amide bonds. The molecule has 2 rings (SSSR count). The molecule has 0 aliphatic heterocycles. The van der Waals surface area contributed by atoms with E-state index in [1.54, 1.807) is 0 Å². The molecule has 1 aromatic rings. The summed E-state index contributed by atoms with van der Waals surface area (Å²) >= 11 is 0. The number of rotatable bonds is 1. The Bertz CT molecular complexity index is 468. The molecule has 1 aliphatic rings. The molecule has 0 bridgehead atoms. The van der Waals surface area contributed by atoms with E-state index in [0.717, 1.165) is 18.2 Å². The zero-order valence-corrected chi connectivity index (χ0v) is 7.81. The Hall–Kier alpha value is -1.59. The molecule has 86 valence electrons. The van der Waals surface area contributed by atoms with Crippen LogP contribution in [-0.2, 0) is 12.3 Å². The highest BCUT2D eigenvalue weighted by Crippen LogP contribution is 2.51. The van der Waals surface area contributed by atoms with Gasteiger partial charge < -0.3 is 5.11 Å². The molecule has 2 nitrogen and oxygen atoms in total. The van der Waals surface area contributed by atoms with E-state index < -0.39 is 29.8 Å². The molecule has 0 radical (unpaired) electrons. The highest BCUT2D eigenvalue weighted by atomic mass is 19.3. The molecule has 0 saturated carbocycles. The van der Waals surface area contributed by atoms with Gasteiger partial charge in [0.1, 0.15) is 0 Å². The van der Waals surface area contributed by atoms with Gasteiger partial charge in [0.2, 0.25) is 0 Å². The number of carboxylic acids is 1. The van der Waals surface area contributed by atoms with Gasteiger partial charge in [-0.15, -0.1) is 0 Å². The van der Waals surface area contributed by atoms with Crippen molar-refractivity contribution in [2.24, 2.45) is 0 Å². The van der Waals surface area contributed by atoms with Crippen LogP contribution in [-0.4, -0.2) is 17.0 Å². The van der Waals surface area contributed by atoms with E-state index in [1.165, 1.54) is 0 Å². The van der Waals surface area contributed by atoms with Crippen LogP contribution in [0.2, 0.25) is 0 Å². The van der Waals surface area contributed by atoms with Crippen molar-refractivity contribution in [3.63, 3.8) is 0 Å². The minimum Gasteiger partial charge on any atom is -0.478 e. The molecular formula is C10H6F4O2. The van der Waals surface area contributed by atoms with Crippen LogP contribution in [0.3, 0.4) is 0 Å². The predicted molar refractivity (Wildman–Crippen MR) is 45.9 cm³/mol. The molecule has 0 unspecified atom stereocenters. The molecule has 1 aliphatic carbocycles. The number of carbonyl (C=O) groups is 1. The van der Waals surface area contributed by atoms with Gasteiger partial charge in [-0.2, -0.15) is 17.6 Å². The number of benzene rings is 1. The summed E-state index contributed by atoms with van der Waals surface area (Å²) in [6.07, 6.45) is -1.13. The Morgan fingerprint density at radius 2 is 1.88 bits per heavy atom. The van der Waals surface area contributed by atoms with Gasteiger partial charge in [0, 0.05) is 12.0 Å². The van der Waals surface area contributed by atoms with E-state index in [-0.39, 0.29) is 11.1 Å². The lowest BCUT2D eigenvalue weighted by Crippen LogP contribution is -2.33. The highest BCUT2D eigenvalue weighted by molar-refractivity contribution is 5.88. The molecule has 6 heteroatoms. The van der Waals surface area contributed by atoms with Crippen molar-refractivity contribution in [2.75, 3.05) is 0 Å². The van der Waals surface area contributed by atoms with E-state index in [9.17, 15) is 22.4 Å². The van der Waals surface area contributed by atoms with Gasteiger partial charge >= 0.3 is 17.8 Å². The maximum absolute atomic E-state index is 13.2. The van der Waals surface area contributed by atoms with Crippen molar-refractivity contribution in [2.45, 2.75) is 18.3 Å². The van der Waals surface area contributed by atoms with Gasteiger partial charge in [0.15, 0.2) is 0 Å². The number of alkyl halides is 4. The fraction of sp³-hybridized carbons (Fsp3) is 0.300. The lowest BCUT2D eigenvalue weighted by Gasteiger charge is -2.18. The summed E-state index contributed by atoms with van der Waals surface area (Å²) in [4.78, 5) is 10.5. The van der Waals surface area contributed by atoms with Crippen LogP contribution in [0, 0.1) is 0 Å². The Morgan fingerprint density at radius 3 is 2.44 bits per heavy atom. The maximum atomic E-state index is 13.2. The van der Waals surface area contributed by atoms with Crippen LogP contribution in [0.15, 0.2) is 18.2 Å². The number of hydrogen-bond donors (Lipinski definition) is 1. The maximum Gasteiger partial charge on any atom is 0.335 e. The molecule has 0 spiro atoms. The van der Waals surface area contributed by atoms with Gasteiger partial charge in [-0.25, -0.2) is 4.79 Å². The van der Waals surface area contributed by atoms with Crippen LogP contribution in [0.25, 0.3) is 0 Å². The first kappa shape index (κ1) is 10.9. The summed E-state index contributed by atoms with van der Waals surface area (Å²) in [5.41, 5.74) is -1.37. The molecule has 0 fully saturated rings. The Kier molecular flexibility index (Phi) is 2.02. The van der Waals surface area contributed by atoms with Crippen LogP contribution in [0.5, 0.6) is 0 Å². The monoisotopic (exact) mass is 234 g/mol. The number of hydrogen-bond acceptors (Lipinski definition) is 1. The van der Waals surface area contributed by atoms with Gasteiger partial charge in [-0.05, 0) is 17.7 Å². The third-order valence-electron chi connectivity index (χ3n) is 2.56. The molecule has 1 aromatic carbocycles. The lowest BCUT2D eigenvalue weighted by atomic mass is 10.1. The van der Waals surface area contributed by atoms with Crippen LogP contribution < -0.4 is 0 Å². The topological polar surface area (TPSA) is 37.3 Å². The number of fused-ring (bicyclic) bond motifs is 1. The first-order chi connectivity index (χ1) is 7.25. The van der Waals surface area contributed by atoms with Crippen LogP contribution in [0.4, 0.5) is 17.6 Å². The average Bonchev–Trinajstić information content (AvgIpc) is 2.32. The van der Waals surface area contributed by atoms with Gasteiger partial charge in [-0.1, -0.05) is 6.07 Å². The van der Waals surface area contributed by atoms with Gasteiger partial charge in [-0.3, -0.25) is 0 Å².